The number of hydrogen-bond acceptors (Lipinski definition) is 4. The van der Waals surface area contributed by atoms with E-state index in [1.807, 2.05) is 36.7 Å². The summed E-state index contributed by atoms with van der Waals surface area (Å²) in [5, 5.41) is 10.9. The van der Waals surface area contributed by atoms with Gasteiger partial charge in [-0.2, -0.15) is 5.10 Å². The Morgan fingerprint density at radius 2 is 2.07 bits per heavy atom. The summed E-state index contributed by atoms with van der Waals surface area (Å²) in [6.07, 6.45) is 3.42. The fourth-order valence-electron chi connectivity index (χ4n) is 2.90. The van der Waals surface area contributed by atoms with E-state index in [4.69, 9.17) is 0 Å². The SMILES string of the molecule is CCNC(=NCC(=O)N(C)CCc1ccccn1)NCCCn1nc(C)cc1C.I. The van der Waals surface area contributed by atoms with Crippen LogP contribution in [0.15, 0.2) is 35.5 Å². The number of nitrogens with one attached hydrogen (secondary N) is 2. The average Bonchev–Trinajstić information content (AvgIpc) is 3.04. The summed E-state index contributed by atoms with van der Waals surface area (Å²) in [7, 11) is 1.80. The highest BCUT2D eigenvalue weighted by Crippen LogP contribution is 2.02. The van der Waals surface area contributed by atoms with Gasteiger partial charge in [0.1, 0.15) is 6.54 Å². The van der Waals surface area contributed by atoms with Gasteiger partial charge in [0.05, 0.1) is 5.69 Å². The molecule has 0 saturated heterocycles. The number of aliphatic imine (C=N–C) groups is 1. The van der Waals surface area contributed by atoms with Crippen LogP contribution in [0.5, 0.6) is 0 Å². The summed E-state index contributed by atoms with van der Waals surface area (Å²) < 4.78 is 2.02. The number of carbonyl (C=O) groups is 1. The molecule has 2 aromatic rings. The van der Waals surface area contributed by atoms with Crippen LogP contribution in [0.1, 0.15) is 30.4 Å². The Kier molecular flexibility index (Phi) is 12.0. The van der Waals surface area contributed by atoms with Crippen LogP contribution >= 0.6 is 24.0 Å². The van der Waals surface area contributed by atoms with Crippen LogP contribution in [0.25, 0.3) is 0 Å². The van der Waals surface area contributed by atoms with Gasteiger partial charge in [0, 0.05) is 57.2 Å². The molecule has 0 radical (unpaired) electrons. The molecule has 0 spiro atoms. The Morgan fingerprint density at radius 3 is 2.70 bits per heavy atom. The number of pyridine rings is 1. The Bertz CT molecular complexity index is 792. The second-order valence-corrected chi connectivity index (χ2v) is 7.01. The summed E-state index contributed by atoms with van der Waals surface area (Å²) in [6, 6.07) is 7.89. The van der Waals surface area contributed by atoms with Gasteiger partial charge in [0.15, 0.2) is 5.96 Å². The monoisotopic (exact) mass is 527 g/mol. The maximum Gasteiger partial charge on any atom is 0.244 e. The van der Waals surface area contributed by atoms with Gasteiger partial charge < -0.3 is 15.5 Å². The fraction of sp³-hybridized carbons (Fsp3) is 0.524. The van der Waals surface area contributed by atoms with Gasteiger partial charge in [-0.3, -0.25) is 14.5 Å². The summed E-state index contributed by atoms with van der Waals surface area (Å²) in [4.78, 5) is 22.8. The van der Waals surface area contributed by atoms with Crippen LogP contribution in [0.3, 0.4) is 0 Å². The van der Waals surface area contributed by atoms with Crippen molar-refractivity contribution in [1.29, 1.82) is 0 Å². The van der Waals surface area contributed by atoms with Crippen molar-refractivity contribution in [2.45, 2.75) is 40.2 Å². The number of halogens is 1. The van der Waals surface area contributed by atoms with Crippen LogP contribution in [0, 0.1) is 13.8 Å². The zero-order valence-electron chi connectivity index (χ0n) is 18.4. The molecular formula is C21H34IN7O. The topological polar surface area (TPSA) is 87.4 Å². The summed E-state index contributed by atoms with van der Waals surface area (Å²) in [6.45, 7) is 9.16. The quantitative estimate of drug-likeness (QED) is 0.214. The second-order valence-electron chi connectivity index (χ2n) is 7.01. The lowest BCUT2D eigenvalue weighted by atomic mass is 10.2. The third-order valence-corrected chi connectivity index (χ3v) is 4.51. The summed E-state index contributed by atoms with van der Waals surface area (Å²) in [5.41, 5.74) is 3.19. The highest BCUT2D eigenvalue weighted by Gasteiger charge is 2.09. The van der Waals surface area contributed by atoms with Gasteiger partial charge in [0.25, 0.3) is 0 Å². The summed E-state index contributed by atoms with van der Waals surface area (Å²) in [5.74, 6) is 0.646. The number of carbonyl (C=O) groups excluding carboxylic acids is 1. The van der Waals surface area contributed by atoms with Crippen LogP contribution < -0.4 is 10.6 Å². The van der Waals surface area contributed by atoms with Gasteiger partial charge in [-0.1, -0.05) is 6.07 Å². The zero-order chi connectivity index (χ0) is 21.1. The predicted molar refractivity (Wildman–Crippen MR) is 131 cm³/mol. The molecule has 9 heteroatoms. The first kappa shape index (κ1) is 25.9. The molecule has 0 aliphatic rings. The maximum absolute atomic E-state index is 12.4. The van der Waals surface area contributed by atoms with Crippen molar-refractivity contribution in [3.05, 3.63) is 47.5 Å². The molecule has 0 unspecified atom stereocenters. The molecule has 30 heavy (non-hydrogen) atoms. The lowest BCUT2D eigenvalue weighted by molar-refractivity contribution is -0.128. The molecule has 2 aromatic heterocycles. The Labute approximate surface area is 196 Å². The van der Waals surface area contributed by atoms with Crippen molar-refractivity contribution in [3.63, 3.8) is 0 Å². The Hall–Kier alpha value is -2.17. The molecular weight excluding hydrogens is 493 g/mol. The lowest BCUT2D eigenvalue weighted by Crippen LogP contribution is -2.39. The molecule has 0 bridgehead atoms. The lowest BCUT2D eigenvalue weighted by Gasteiger charge is -2.16. The number of aryl methyl sites for hydroxylation is 3. The third-order valence-electron chi connectivity index (χ3n) is 4.51. The molecule has 0 fully saturated rings. The minimum absolute atomic E-state index is 0. The van der Waals surface area contributed by atoms with Crippen LogP contribution in [0.4, 0.5) is 0 Å². The first-order valence-electron chi connectivity index (χ1n) is 10.2. The number of guanidine groups is 1. The smallest absolute Gasteiger partial charge is 0.244 e. The molecule has 0 aliphatic carbocycles. The van der Waals surface area contributed by atoms with Crippen molar-refractivity contribution in [3.8, 4) is 0 Å². The Balaban J connectivity index is 0.00000450. The van der Waals surface area contributed by atoms with Crippen LogP contribution in [-0.4, -0.2) is 64.8 Å². The number of aromatic nitrogens is 3. The maximum atomic E-state index is 12.4. The molecule has 1 amide bonds. The number of likely N-dealkylation sites (N-methyl/N-ethyl adjacent to an activating group) is 1. The highest BCUT2D eigenvalue weighted by molar-refractivity contribution is 14.0. The number of hydrogen-bond donors (Lipinski definition) is 2. The van der Waals surface area contributed by atoms with E-state index in [1.165, 1.54) is 5.69 Å². The standard InChI is InChI=1S/C21H33N7O.HI/c1-5-22-21(24-12-8-13-28-18(3)15-17(2)26-28)25-16-20(29)27(4)14-10-19-9-6-7-11-23-19;/h6-7,9,11,15H,5,8,10,12-14,16H2,1-4H3,(H2,22,24,25);1H. The largest absolute Gasteiger partial charge is 0.357 e. The zero-order valence-corrected chi connectivity index (χ0v) is 20.7. The van der Waals surface area contributed by atoms with E-state index in [0.29, 0.717) is 12.5 Å². The first-order chi connectivity index (χ1) is 14.0. The van der Waals surface area contributed by atoms with Gasteiger partial charge >= 0.3 is 0 Å². The van der Waals surface area contributed by atoms with E-state index in [-0.39, 0.29) is 36.4 Å². The number of amides is 1. The van der Waals surface area contributed by atoms with Crippen LogP contribution in [-0.2, 0) is 17.8 Å². The molecule has 2 N–H and O–H groups in total. The van der Waals surface area contributed by atoms with Crippen molar-refractivity contribution in [1.82, 2.24) is 30.3 Å². The fourth-order valence-corrected chi connectivity index (χ4v) is 2.90. The van der Waals surface area contributed by atoms with E-state index < -0.39 is 0 Å². The van der Waals surface area contributed by atoms with E-state index in [2.05, 4.69) is 38.7 Å². The molecule has 0 atom stereocenters. The molecule has 0 aliphatic heterocycles. The van der Waals surface area contributed by atoms with E-state index in [1.54, 1.807) is 18.1 Å². The van der Waals surface area contributed by atoms with E-state index in [9.17, 15) is 4.79 Å². The van der Waals surface area contributed by atoms with Gasteiger partial charge in [-0.15, -0.1) is 24.0 Å². The molecule has 0 aromatic carbocycles. The normalized spacial score (nSPS) is 11.0. The molecule has 166 valence electrons. The predicted octanol–water partition coefficient (Wildman–Crippen LogP) is 2.16. The second kappa shape index (κ2) is 13.9. The van der Waals surface area contributed by atoms with E-state index >= 15 is 0 Å². The third kappa shape index (κ3) is 9.10. The van der Waals surface area contributed by atoms with E-state index in [0.717, 1.165) is 43.9 Å². The number of nitrogens with zero attached hydrogens (tertiary/aromatic N) is 5. The van der Waals surface area contributed by atoms with Crippen molar-refractivity contribution >= 4 is 35.8 Å². The minimum atomic E-state index is -0.0132. The molecule has 2 heterocycles. The van der Waals surface area contributed by atoms with Crippen molar-refractivity contribution < 1.29 is 4.79 Å². The first-order valence-corrected chi connectivity index (χ1v) is 10.2. The average molecular weight is 527 g/mol. The van der Waals surface area contributed by atoms with Crippen molar-refractivity contribution in [2.75, 3.05) is 33.2 Å². The number of rotatable bonds is 10. The molecule has 8 nitrogen and oxygen atoms in total. The van der Waals surface area contributed by atoms with Gasteiger partial charge in [0.2, 0.25) is 5.91 Å². The minimum Gasteiger partial charge on any atom is -0.357 e. The molecule has 0 saturated carbocycles. The Morgan fingerprint density at radius 1 is 1.27 bits per heavy atom. The van der Waals surface area contributed by atoms with Crippen molar-refractivity contribution in [2.24, 2.45) is 4.99 Å². The van der Waals surface area contributed by atoms with Gasteiger partial charge in [-0.25, -0.2) is 4.99 Å². The highest BCUT2D eigenvalue weighted by atomic mass is 127. The van der Waals surface area contributed by atoms with Crippen LogP contribution in [0.2, 0.25) is 0 Å². The molecule has 2 rings (SSSR count). The summed E-state index contributed by atoms with van der Waals surface area (Å²) >= 11 is 0. The van der Waals surface area contributed by atoms with Gasteiger partial charge in [-0.05, 0) is 45.4 Å².